The highest BCUT2D eigenvalue weighted by Gasteiger charge is 2.18. The highest BCUT2D eigenvalue weighted by Crippen LogP contribution is 2.24. The van der Waals surface area contributed by atoms with E-state index in [9.17, 15) is 0 Å². The molecule has 1 aliphatic rings. The van der Waals surface area contributed by atoms with E-state index in [-0.39, 0.29) is 0 Å². The summed E-state index contributed by atoms with van der Waals surface area (Å²) in [7, 11) is 0. The maximum absolute atomic E-state index is 9.02. The second-order valence-corrected chi connectivity index (χ2v) is 4.89. The van der Waals surface area contributed by atoms with Crippen LogP contribution in [-0.2, 0) is 0 Å². The van der Waals surface area contributed by atoms with Crippen molar-refractivity contribution in [1.82, 2.24) is 4.90 Å². The molecule has 0 amide bonds. The van der Waals surface area contributed by atoms with Gasteiger partial charge in [0.15, 0.2) is 0 Å². The number of aliphatic hydroxyl groups excluding tert-OH is 1. The molecule has 11 heavy (non-hydrogen) atoms. The minimum atomic E-state index is 0.303. The van der Waals surface area contributed by atoms with E-state index in [1.807, 2.05) is 23.5 Å². The second-order valence-electron chi connectivity index (χ2n) is 2.62. The van der Waals surface area contributed by atoms with Crippen LogP contribution in [0, 0.1) is 0 Å². The maximum Gasteiger partial charge on any atom is 0.0587 e. The number of hydrogen-bond acceptors (Lipinski definition) is 4. The molecule has 2 nitrogen and oxygen atoms in total. The topological polar surface area (TPSA) is 23.5 Å². The Morgan fingerprint density at radius 2 is 2.09 bits per heavy atom. The van der Waals surface area contributed by atoms with Crippen LogP contribution in [0.3, 0.4) is 0 Å². The predicted molar refractivity (Wildman–Crippen MR) is 52.8 cm³/mol. The van der Waals surface area contributed by atoms with Gasteiger partial charge in [-0.05, 0) is 6.42 Å². The number of aliphatic hydroxyl groups is 1. The van der Waals surface area contributed by atoms with Gasteiger partial charge in [-0.3, -0.25) is 4.90 Å². The fourth-order valence-corrected chi connectivity index (χ4v) is 3.38. The smallest absolute Gasteiger partial charge is 0.0587 e. The summed E-state index contributed by atoms with van der Waals surface area (Å²) < 4.78 is 0. The Hall–Kier alpha value is 0.620. The third-order valence-electron chi connectivity index (χ3n) is 1.88. The van der Waals surface area contributed by atoms with Crippen molar-refractivity contribution in [3.8, 4) is 0 Å². The lowest BCUT2D eigenvalue weighted by molar-refractivity contribution is 0.155. The van der Waals surface area contributed by atoms with Crippen molar-refractivity contribution in [3.63, 3.8) is 0 Å². The van der Waals surface area contributed by atoms with Crippen LogP contribution in [-0.4, -0.2) is 39.5 Å². The lowest BCUT2D eigenvalue weighted by Crippen LogP contribution is -2.38. The van der Waals surface area contributed by atoms with E-state index in [0.717, 1.165) is 18.2 Å². The van der Waals surface area contributed by atoms with Crippen molar-refractivity contribution in [1.29, 1.82) is 0 Å². The van der Waals surface area contributed by atoms with E-state index in [1.165, 1.54) is 5.08 Å². The van der Waals surface area contributed by atoms with Gasteiger partial charge in [0, 0.05) is 22.9 Å². The van der Waals surface area contributed by atoms with Crippen molar-refractivity contribution in [2.24, 2.45) is 0 Å². The standard InChI is InChI=1S/C7H15NOS2/c1-2-7(3-9)8-4-10-6-11-5-8/h7,9H,2-6H2,1H3. The molecule has 0 spiro atoms. The molecular formula is C7H15NOS2. The summed E-state index contributed by atoms with van der Waals surface area (Å²) >= 11 is 3.88. The summed E-state index contributed by atoms with van der Waals surface area (Å²) in [5.41, 5.74) is 0. The first-order chi connectivity index (χ1) is 5.38. The third kappa shape index (κ3) is 2.86. The summed E-state index contributed by atoms with van der Waals surface area (Å²) in [6, 6.07) is 0.385. The zero-order valence-electron chi connectivity index (χ0n) is 6.82. The first kappa shape index (κ1) is 9.71. The molecule has 1 fully saturated rings. The van der Waals surface area contributed by atoms with E-state index in [0.29, 0.717) is 12.6 Å². The molecule has 0 radical (unpaired) electrons. The van der Waals surface area contributed by atoms with Gasteiger partial charge in [0.1, 0.15) is 0 Å². The molecule has 1 rings (SSSR count). The van der Waals surface area contributed by atoms with Crippen LogP contribution in [0.4, 0.5) is 0 Å². The molecular weight excluding hydrogens is 178 g/mol. The van der Waals surface area contributed by atoms with Crippen molar-refractivity contribution < 1.29 is 5.11 Å². The van der Waals surface area contributed by atoms with Gasteiger partial charge in [0.05, 0.1) is 6.61 Å². The number of nitrogens with zero attached hydrogens (tertiary/aromatic N) is 1. The van der Waals surface area contributed by atoms with Crippen LogP contribution in [0.5, 0.6) is 0 Å². The monoisotopic (exact) mass is 193 g/mol. The lowest BCUT2D eigenvalue weighted by Gasteiger charge is -2.31. The van der Waals surface area contributed by atoms with Crippen molar-refractivity contribution in [2.45, 2.75) is 19.4 Å². The van der Waals surface area contributed by atoms with Gasteiger partial charge >= 0.3 is 0 Å². The summed E-state index contributed by atoms with van der Waals surface area (Å²) in [5.74, 6) is 2.18. The minimum Gasteiger partial charge on any atom is -0.395 e. The van der Waals surface area contributed by atoms with E-state index in [1.54, 1.807) is 0 Å². The quantitative estimate of drug-likeness (QED) is 0.732. The van der Waals surface area contributed by atoms with Gasteiger partial charge in [-0.1, -0.05) is 6.92 Å². The SMILES string of the molecule is CCC(CO)N1CSCSC1. The third-order valence-corrected chi connectivity index (χ3v) is 4.24. The normalized spacial score (nSPS) is 23.5. The average molecular weight is 193 g/mol. The fourth-order valence-electron chi connectivity index (χ4n) is 1.12. The van der Waals surface area contributed by atoms with Gasteiger partial charge in [-0.15, -0.1) is 23.5 Å². The molecule has 66 valence electrons. The number of rotatable bonds is 3. The van der Waals surface area contributed by atoms with Crippen LogP contribution in [0.15, 0.2) is 0 Å². The van der Waals surface area contributed by atoms with Gasteiger partial charge in [-0.2, -0.15) is 0 Å². The second kappa shape index (κ2) is 5.30. The number of hydrogen-bond donors (Lipinski definition) is 1. The Morgan fingerprint density at radius 3 is 2.55 bits per heavy atom. The molecule has 0 saturated carbocycles. The zero-order chi connectivity index (χ0) is 8.10. The molecule has 0 aliphatic carbocycles. The van der Waals surface area contributed by atoms with E-state index >= 15 is 0 Å². The molecule has 1 heterocycles. The summed E-state index contributed by atoms with van der Waals surface area (Å²) in [6.45, 7) is 2.43. The summed E-state index contributed by atoms with van der Waals surface area (Å²) in [5, 5.41) is 10.2. The van der Waals surface area contributed by atoms with E-state index < -0.39 is 0 Å². The Morgan fingerprint density at radius 1 is 1.45 bits per heavy atom. The molecule has 1 unspecified atom stereocenters. The molecule has 0 aromatic heterocycles. The van der Waals surface area contributed by atoms with Crippen LogP contribution in [0.25, 0.3) is 0 Å². The van der Waals surface area contributed by atoms with Crippen LogP contribution in [0.1, 0.15) is 13.3 Å². The molecule has 0 aromatic carbocycles. The Kier molecular flexibility index (Phi) is 4.67. The van der Waals surface area contributed by atoms with Crippen molar-refractivity contribution in [3.05, 3.63) is 0 Å². The first-order valence-electron chi connectivity index (χ1n) is 3.89. The highest BCUT2D eigenvalue weighted by atomic mass is 32.2. The molecule has 0 bridgehead atoms. The fraction of sp³-hybridized carbons (Fsp3) is 1.00. The van der Waals surface area contributed by atoms with Crippen molar-refractivity contribution >= 4 is 23.5 Å². The molecule has 1 saturated heterocycles. The highest BCUT2D eigenvalue weighted by molar-refractivity contribution is 8.16. The van der Waals surface area contributed by atoms with E-state index in [2.05, 4.69) is 11.8 Å². The Balaban J connectivity index is 2.30. The minimum absolute atomic E-state index is 0.303. The van der Waals surface area contributed by atoms with Crippen LogP contribution in [0.2, 0.25) is 0 Å². The molecule has 4 heteroatoms. The Bertz CT molecular complexity index is 103. The number of thioether (sulfide) groups is 2. The average Bonchev–Trinajstić information content (AvgIpc) is 2.09. The van der Waals surface area contributed by atoms with Gasteiger partial charge in [-0.25, -0.2) is 0 Å². The predicted octanol–water partition coefficient (Wildman–Crippen LogP) is 1.41. The van der Waals surface area contributed by atoms with Gasteiger partial charge in [0.2, 0.25) is 0 Å². The first-order valence-corrected chi connectivity index (χ1v) is 6.19. The largest absolute Gasteiger partial charge is 0.395 e. The van der Waals surface area contributed by atoms with Gasteiger partial charge in [0.25, 0.3) is 0 Å². The molecule has 1 aliphatic heterocycles. The van der Waals surface area contributed by atoms with Gasteiger partial charge < -0.3 is 5.11 Å². The molecule has 0 aromatic rings. The zero-order valence-corrected chi connectivity index (χ0v) is 8.46. The van der Waals surface area contributed by atoms with Crippen LogP contribution >= 0.6 is 23.5 Å². The molecule has 1 atom stereocenters. The maximum atomic E-state index is 9.02. The lowest BCUT2D eigenvalue weighted by atomic mass is 10.2. The summed E-state index contributed by atoms with van der Waals surface area (Å²) in [4.78, 5) is 2.35. The summed E-state index contributed by atoms with van der Waals surface area (Å²) in [6.07, 6.45) is 1.05. The molecule has 1 N–H and O–H groups in total. The van der Waals surface area contributed by atoms with Crippen LogP contribution < -0.4 is 0 Å². The van der Waals surface area contributed by atoms with Crippen molar-refractivity contribution in [2.75, 3.05) is 23.4 Å². The van der Waals surface area contributed by atoms with E-state index in [4.69, 9.17) is 5.11 Å². The Labute approximate surface area is 76.7 Å².